The summed E-state index contributed by atoms with van der Waals surface area (Å²) in [5.41, 5.74) is 1.14. The number of ether oxygens (including phenoxy) is 1. The van der Waals surface area contributed by atoms with Gasteiger partial charge in [-0.15, -0.1) is 0 Å². The van der Waals surface area contributed by atoms with E-state index in [9.17, 15) is 18.0 Å². The zero-order valence-corrected chi connectivity index (χ0v) is 20.5. The molecule has 180 valence electrons. The number of amides is 2. The average Bonchev–Trinajstić information content (AvgIpc) is 2.82. The summed E-state index contributed by atoms with van der Waals surface area (Å²) >= 11 is 0. The molecule has 1 atom stereocenters. The van der Waals surface area contributed by atoms with Gasteiger partial charge in [0.05, 0.1) is 12.8 Å². The molecule has 0 spiro atoms. The first-order valence-electron chi connectivity index (χ1n) is 10.5. The molecule has 0 aliphatic carbocycles. The lowest BCUT2D eigenvalue weighted by atomic mass is 10.1. The number of likely N-dealkylation sites (N-methyl/N-ethyl adjacent to an activating group) is 1. The number of carbonyl (C=O) groups is 2. The van der Waals surface area contributed by atoms with Crippen LogP contribution >= 0.6 is 0 Å². The third-order valence-corrected chi connectivity index (χ3v) is 7.03. The van der Waals surface area contributed by atoms with Gasteiger partial charge in [-0.3, -0.25) is 9.59 Å². The number of hydrogen-bond acceptors (Lipinski definition) is 5. The summed E-state index contributed by atoms with van der Waals surface area (Å²) < 4.78 is 33.4. The molecular formula is C23H32N4O5S. The zero-order valence-electron chi connectivity index (χ0n) is 19.7. The highest BCUT2D eigenvalue weighted by molar-refractivity contribution is 7.90. The van der Waals surface area contributed by atoms with E-state index in [1.54, 1.807) is 68.6 Å². The molecule has 0 radical (unpaired) electrons. The Morgan fingerprint density at radius 3 is 2.12 bits per heavy atom. The standard InChI is InChI=1S/C23H32N4O5S/c1-6-21(23(29)24-2)26(16-18-12-14-20(32-5)15-13-18)22(28)17-27(33(30,31)25(3)4)19-10-8-7-9-11-19/h7-15,21H,6,16-17H2,1-5H3,(H,24,29). The first-order valence-corrected chi connectivity index (χ1v) is 11.9. The van der Waals surface area contributed by atoms with E-state index in [-0.39, 0.29) is 12.5 Å². The maximum absolute atomic E-state index is 13.5. The highest BCUT2D eigenvalue weighted by Gasteiger charge is 2.33. The van der Waals surface area contributed by atoms with Gasteiger partial charge in [-0.05, 0) is 36.2 Å². The van der Waals surface area contributed by atoms with Crippen molar-refractivity contribution in [1.29, 1.82) is 0 Å². The van der Waals surface area contributed by atoms with Crippen molar-refractivity contribution in [1.82, 2.24) is 14.5 Å². The Balaban J connectivity index is 2.44. The number of carbonyl (C=O) groups excluding carboxylic acids is 2. The molecule has 0 aliphatic heterocycles. The topological polar surface area (TPSA) is 99.3 Å². The summed E-state index contributed by atoms with van der Waals surface area (Å²) in [6, 6.07) is 14.8. The van der Waals surface area contributed by atoms with Crippen LogP contribution in [0.2, 0.25) is 0 Å². The van der Waals surface area contributed by atoms with E-state index in [0.717, 1.165) is 14.2 Å². The molecular weight excluding hydrogens is 444 g/mol. The van der Waals surface area contributed by atoms with E-state index in [1.807, 2.05) is 0 Å². The average molecular weight is 477 g/mol. The van der Waals surface area contributed by atoms with Crippen molar-refractivity contribution in [2.75, 3.05) is 39.1 Å². The molecule has 0 aromatic heterocycles. The summed E-state index contributed by atoms with van der Waals surface area (Å²) in [7, 11) is 1.93. The third kappa shape index (κ3) is 6.45. The predicted octanol–water partition coefficient (Wildman–Crippen LogP) is 1.86. The summed E-state index contributed by atoms with van der Waals surface area (Å²) in [6.45, 7) is 1.49. The van der Waals surface area contributed by atoms with Gasteiger partial charge in [-0.1, -0.05) is 37.3 Å². The monoisotopic (exact) mass is 476 g/mol. The smallest absolute Gasteiger partial charge is 0.304 e. The number of para-hydroxylation sites is 1. The van der Waals surface area contributed by atoms with E-state index in [0.29, 0.717) is 17.9 Å². The molecule has 0 saturated heterocycles. The molecule has 0 fully saturated rings. The summed E-state index contributed by atoms with van der Waals surface area (Å²) in [4.78, 5) is 27.5. The van der Waals surface area contributed by atoms with Gasteiger partial charge < -0.3 is 15.0 Å². The molecule has 0 bridgehead atoms. The Labute approximate surface area is 196 Å². The Kier molecular flexibility index (Phi) is 9.24. The van der Waals surface area contributed by atoms with Gasteiger partial charge in [-0.25, -0.2) is 4.31 Å². The van der Waals surface area contributed by atoms with Crippen molar-refractivity contribution in [3.05, 3.63) is 60.2 Å². The molecule has 10 heteroatoms. The fourth-order valence-corrected chi connectivity index (χ4v) is 4.38. The SMILES string of the molecule is CCC(C(=O)NC)N(Cc1ccc(OC)cc1)C(=O)CN(c1ccccc1)S(=O)(=O)N(C)C. The molecule has 33 heavy (non-hydrogen) atoms. The minimum absolute atomic E-state index is 0.138. The van der Waals surface area contributed by atoms with Crippen LogP contribution in [-0.4, -0.2) is 70.3 Å². The number of benzene rings is 2. The van der Waals surface area contributed by atoms with Crippen LogP contribution in [0, 0.1) is 0 Å². The molecule has 0 heterocycles. The van der Waals surface area contributed by atoms with Crippen molar-refractivity contribution in [3.63, 3.8) is 0 Å². The van der Waals surface area contributed by atoms with Crippen molar-refractivity contribution < 1.29 is 22.7 Å². The fraction of sp³-hybridized carbons (Fsp3) is 0.391. The Morgan fingerprint density at radius 1 is 1.03 bits per heavy atom. The number of hydrogen-bond donors (Lipinski definition) is 1. The van der Waals surface area contributed by atoms with Gasteiger partial charge in [0.25, 0.3) is 0 Å². The van der Waals surface area contributed by atoms with Gasteiger partial charge in [0.1, 0.15) is 18.3 Å². The van der Waals surface area contributed by atoms with Crippen molar-refractivity contribution in [2.24, 2.45) is 0 Å². The van der Waals surface area contributed by atoms with Crippen LogP contribution in [0.4, 0.5) is 5.69 Å². The van der Waals surface area contributed by atoms with Gasteiger partial charge in [0.2, 0.25) is 11.8 Å². The second-order valence-corrected chi connectivity index (χ2v) is 9.61. The maximum Gasteiger partial charge on any atom is 0.304 e. The summed E-state index contributed by atoms with van der Waals surface area (Å²) in [5.74, 6) is -0.140. The number of rotatable bonds is 11. The van der Waals surface area contributed by atoms with Crippen LogP contribution in [-0.2, 0) is 26.3 Å². The summed E-state index contributed by atoms with van der Waals surface area (Å²) in [5, 5.41) is 2.60. The maximum atomic E-state index is 13.5. The zero-order chi connectivity index (χ0) is 24.6. The molecule has 2 aromatic rings. The Bertz CT molecular complexity index is 1030. The summed E-state index contributed by atoms with van der Waals surface area (Å²) in [6.07, 6.45) is 0.368. The third-order valence-electron chi connectivity index (χ3n) is 5.21. The molecule has 2 amide bonds. The van der Waals surface area contributed by atoms with Crippen molar-refractivity contribution >= 4 is 27.7 Å². The van der Waals surface area contributed by atoms with E-state index in [1.165, 1.54) is 26.0 Å². The van der Waals surface area contributed by atoms with E-state index in [4.69, 9.17) is 4.74 Å². The predicted molar refractivity (Wildman–Crippen MR) is 128 cm³/mol. The Hall–Kier alpha value is -3.11. The van der Waals surface area contributed by atoms with E-state index >= 15 is 0 Å². The molecule has 2 rings (SSSR count). The van der Waals surface area contributed by atoms with Crippen molar-refractivity contribution in [2.45, 2.75) is 25.9 Å². The Morgan fingerprint density at radius 2 is 1.64 bits per heavy atom. The highest BCUT2D eigenvalue weighted by atomic mass is 32.2. The number of methoxy groups -OCH3 is 1. The minimum Gasteiger partial charge on any atom is -0.497 e. The van der Waals surface area contributed by atoms with Crippen LogP contribution in [0.3, 0.4) is 0 Å². The molecule has 1 N–H and O–H groups in total. The first kappa shape index (κ1) is 26.1. The van der Waals surface area contributed by atoms with E-state index < -0.39 is 28.7 Å². The largest absolute Gasteiger partial charge is 0.497 e. The molecule has 1 unspecified atom stereocenters. The van der Waals surface area contributed by atoms with Crippen LogP contribution < -0.4 is 14.4 Å². The van der Waals surface area contributed by atoms with Crippen LogP contribution in [0.1, 0.15) is 18.9 Å². The van der Waals surface area contributed by atoms with Crippen LogP contribution in [0.15, 0.2) is 54.6 Å². The van der Waals surface area contributed by atoms with E-state index in [2.05, 4.69) is 5.32 Å². The number of nitrogens with zero attached hydrogens (tertiary/aromatic N) is 3. The van der Waals surface area contributed by atoms with Gasteiger partial charge >= 0.3 is 10.2 Å². The number of nitrogens with one attached hydrogen (secondary N) is 1. The fourth-order valence-electron chi connectivity index (χ4n) is 3.32. The molecule has 2 aromatic carbocycles. The lowest BCUT2D eigenvalue weighted by Crippen LogP contribution is -2.52. The lowest BCUT2D eigenvalue weighted by Gasteiger charge is -2.33. The van der Waals surface area contributed by atoms with Crippen molar-refractivity contribution in [3.8, 4) is 5.75 Å². The second kappa shape index (κ2) is 11.7. The van der Waals surface area contributed by atoms with Gasteiger partial charge in [0.15, 0.2) is 0 Å². The normalized spacial score (nSPS) is 12.2. The van der Waals surface area contributed by atoms with Gasteiger partial charge in [-0.2, -0.15) is 12.7 Å². The molecule has 9 nitrogen and oxygen atoms in total. The molecule has 0 aliphatic rings. The molecule has 0 saturated carbocycles. The number of anilines is 1. The first-order chi connectivity index (χ1) is 15.6. The van der Waals surface area contributed by atoms with Crippen LogP contribution in [0.25, 0.3) is 0 Å². The quantitative estimate of drug-likeness (QED) is 0.534. The lowest BCUT2D eigenvalue weighted by molar-refractivity contribution is -0.140. The minimum atomic E-state index is -3.96. The van der Waals surface area contributed by atoms with Gasteiger partial charge in [0, 0.05) is 27.7 Å². The van der Waals surface area contributed by atoms with Crippen LogP contribution in [0.5, 0.6) is 5.75 Å². The highest BCUT2D eigenvalue weighted by Crippen LogP contribution is 2.21. The second-order valence-electron chi connectivity index (χ2n) is 7.54.